The molecule has 0 aliphatic carbocycles. The van der Waals surface area contributed by atoms with Crippen molar-refractivity contribution in [3.63, 3.8) is 0 Å². The topological polar surface area (TPSA) is 66.3 Å². The first-order valence-electron chi connectivity index (χ1n) is 10.5. The number of amides is 2. The summed E-state index contributed by atoms with van der Waals surface area (Å²) in [4.78, 5) is 30.8. The van der Waals surface area contributed by atoms with Gasteiger partial charge in [-0.1, -0.05) is 24.3 Å². The van der Waals surface area contributed by atoms with Gasteiger partial charge in [-0.25, -0.2) is 0 Å². The van der Waals surface area contributed by atoms with Gasteiger partial charge in [-0.05, 0) is 31.2 Å². The number of hydrogen-bond acceptors (Lipinski definition) is 4. The fourth-order valence-corrected chi connectivity index (χ4v) is 4.40. The maximum absolute atomic E-state index is 13.3. The molecule has 1 saturated heterocycles. The van der Waals surface area contributed by atoms with E-state index in [9.17, 15) is 9.59 Å². The molecular weight excluding hydrogens is 380 g/mol. The Labute approximate surface area is 177 Å². The van der Waals surface area contributed by atoms with E-state index in [1.54, 1.807) is 12.0 Å². The molecule has 2 aliphatic rings. The SMILES string of the molecule is COc1ccccc1N1CC[NH+](CC(=O)N2c3ccccc3NC(=O)C[C@H]2C)CC1. The molecule has 7 heteroatoms. The van der Waals surface area contributed by atoms with E-state index in [-0.39, 0.29) is 17.9 Å². The molecule has 2 aliphatic heterocycles. The summed E-state index contributed by atoms with van der Waals surface area (Å²) in [6, 6.07) is 15.4. The van der Waals surface area contributed by atoms with E-state index in [4.69, 9.17) is 4.74 Å². The molecule has 158 valence electrons. The number of carbonyl (C=O) groups excluding carboxylic acids is 2. The fourth-order valence-electron chi connectivity index (χ4n) is 4.40. The van der Waals surface area contributed by atoms with Crippen LogP contribution >= 0.6 is 0 Å². The van der Waals surface area contributed by atoms with Crippen molar-refractivity contribution in [2.45, 2.75) is 19.4 Å². The number of fused-ring (bicyclic) bond motifs is 1. The van der Waals surface area contributed by atoms with Gasteiger partial charge in [-0.3, -0.25) is 9.59 Å². The molecule has 2 amide bonds. The van der Waals surface area contributed by atoms with Crippen molar-refractivity contribution in [1.29, 1.82) is 0 Å². The summed E-state index contributed by atoms with van der Waals surface area (Å²) in [6.07, 6.45) is 0.303. The van der Waals surface area contributed by atoms with Crippen LogP contribution in [-0.2, 0) is 9.59 Å². The Morgan fingerprint density at radius 2 is 1.77 bits per heavy atom. The van der Waals surface area contributed by atoms with Crippen molar-refractivity contribution in [1.82, 2.24) is 0 Å². The Kier molecular flexibility index (Phi) is 5.90. The molecule has 1 atom stereocenters. The second-order valence-electron chi connectivity index (χ2n) is 7.97. The minimum absolute atomic E-state index is 0.0528. The predicted octanol–water partition coefficient (Wildman–Crippen LogP) is 1.16. The van der Waals surface area contributed by atoms with Crippen molar-refractivity contribution in [2.75, 3.05) is 55.0 Å². The smallest absolute Gasteiger partial charge is 0.282 e. The van der Waals surface area contributed by atoms with Crippen LogP contribution in [0.4, 0.5) is 17.1 Å². The Hall–Kier alpha value is -3.06. The molecule has 1 fully saturated rings. The number of methoxy groups -OCH3 is 1. The van der Waals surface area contributed by atoms with Gasteiger partial charge in [0.15, 0.2) is 6.54 Å². The van der Waals surface area contributed by atoms with Crippen LogP contribution in [0.1, 0.15) is 13.3 Å². The first-order valence-corrected chi connectivity index (χ1v) is 10.5. The largest absolute Gasteiger partial charge is 0.495 e. The van der Waals surface area contributed by atoms with Gasteiger partial charge in [0, 0.05) is 12.5 Å². The van der Waals surface area contributed by atoms with Gasteiger partial charge >= 0.3 is 0 Å². The molecule has 7 nitrogen and oxygen atoms in total. The number of nitrogens with zero attached hydrogens (tertiary/aromatic N) is 2. The monoisotopic (exact) mass is 409 g/mol. The molecule has 0 unspecified atom stereocenters. The number of rotatable bonds is 4. The number of quaternary nitrogens is 1. The highest BCUT2D eigenvalue weighted by Gasteiger charge is 2.32. The van der Waals surface area contributed by atoms with Gasteiger partial charge in [0.1, 0.15) is 5.75 Å². The molecule has 2 aromatic carbocycles. The minimum atomic E-state index is -0.171. The summed E-state index contributed by atoms with van der Waals surface area (Å²) in [5, 5.41) is 2.92. The number of para-hydroxylation sites is 4. The van der Waals surface area contributed by atoms with Crippen LogP contribution in [0, 0.1) is 0 Å². The molecule has 0 aromatic heterocycles. The number of nitrogens with one attached hydrogen (secondary N) is 2. The molecule has 2 heterocycles. The third-order valence-electron chi connectivity index (χ3n) is 5.93. The molecule has 30 heavy (non-hydrogen) atoms. The van der Waals surface area contributed by atoms with E-state index in [0.29, 0.717) is 18.7 Å². The van der Waals surface area contributed by atoms with Gasteiger partial charge in [-0.2, -0.15) is 0 Å². The third kappa shape index (κ3) is 4.11. The maximum Gasteiger partial charge on any atom is 0.282 e. The van der Waals surface area contributed by atoms with Crippen molar-refractivity contribution in [3.05, 3.63) is 48.5 Å². The van der Waals surface area contributed by atoms with E-state index in [1.807, 2.05) is 49.4 Å². The summed E-state index contributed by atoms with van der Waals surface area (Å²) >= 11 is 0. The molecule has 0 bridgehead atoms. The van der Waals surface area contributed by atoms with Crippen molar-refractivity contribution in [2.24, 2.45) is 0 Å². The van der Waals surface area contributed by atoms with Crippen LogP contribution in [0.3, 0.4) is 0 Å². The quantitative estimate of drug-likeness (QED) is 0.796. The number of hydrogen-bond donors (Lipinski definition) is 2. The third-order valence-corrected chi connectivity index (χ3v) is 5.93. The van der Waals surface area contributed by atoms with Crippen molar-refractivity contribution >= 4 is 28.9 Å². The van der Waals surface area contributed by atoms with Crippen LogP contribution in [0.5, 0.6) is 5.75 Å². The Balaban J connectivity index is 1.43. The highest BCUT2D eigenvalue weighted by molar-refractivity contribution is 6.04. The summed E-state index contributed by atoms with van der Waals surface area (Å²) in [7, 11) is 1.69. The predicted molar refractivity (Wildman–Crippen MR) is 117 cm³/mol. The van der Waals surface area contributed by atoms with E-state index in [1.165, 1.54) is 4.90 Å². The molecular formula is C23H29N4O3+. The lowest BCUT2D eigenvalue weighted by Gasteiger charge is -2.35. The standard InChI is InChI=1S/C23H28N4O3/c1-17-15-22(28)24-18-7-3-4-8-19(18)27(17)23(29)16-25-11-13-26(14-12-25)20-9-5-6-10-21(20)30-2/h3-10,17H,11-16H2,1-2H3,(H,24,28)/p+1/t17-/m1/s1. The van der Waals surface area contributed by atoms with Crippen molar-refractivity contribution < 1.29 is 19.2 Å². The number of benzene rings is 2. The maximum atomic E-state index is 13.3. The van der Waals surface area contributed by atoms with Gasteiger partial charge in [-0.15, -0.1) is 0 Å². The van der Waals surface area contributed by atoms with E-state index < -0.39 is 0 Å². The summed E-state index contributed by atoms with van der Waals surface area (Å²) in [5.41, 5.74) is 2.59. The lowest BCUT2D eigenvalue weighted by atomic mass is 10.1. The molecule has 4 rings (SSSR count). The first-order chi connectivity index (χ1) is 14.6. The number of anilines is 3. The van der Waals surface area contributed by atoms with Crippen LogP contribution in [0.15, 0.2) is 48.5 Å². The second-order valence-corrected chi connectivity index (χ2v) is 7.97. The number of ether oxygens (including phenoxy) is 1. The Morgan fingerprint density at radius 1 is 1.10 bits per heavy atom. The lowest BCUT2D eigenvalue weighted by Crippen LogP contribution is -3.16. The minimum Gasteiger partial charge on any atom is -0.495 e. The molecule has 2 aromatic rings. The fraction of sp³-hybridized carbons (Fsp3) is 0.391. The van der Waals surface area contributed by atoms with Crippen LogP contribution in [0.25, 0.3) is 0 Å². The second kappa shape index (κ2) is 8.75. The van der Waals surface area contributed by atoms with Gasteiger partial charge < -0.3 is 24.8 Å². The highest BCUT2D eigenvalue weighted by Crippen LogP contribution is 2.31. The van der Waals surface area contributed by atoms with Crippen molar-refractivity contribution in [3.8, 4) is 5.75 Å². The number of carbonyl (C=O) groups is 2. The normalized spacial score (nSPS) is 19.7. The zero-order chi connectivity index (χ0) is 21.1. The first kappa shape index (κ1) is 20.2. The summed E-state index contributed by atoms with van der Waals surface area (Å²) in [5.74, 6) is 0.888. The van der Waals surface area contributed by atoms with Gasteiger partial charge in [0.05, 0.1) is 50.4 Å². The van der Waals surface area contributed by atoms with Crippen LogP contribution in [-0.4, -0.2) is 57.7 Å². The van der Waals surface area contributed by atoms with Gasteiger partial charge in [0.2, 0.25) is 5.91 Å². The number of piperazine rings is 1. The zero-order valence-corrected chi connectivity index (χ0v) is 17.6. The molecule has 0 spiro atoms. The van der Waals surface area contributed by atoms with E-state index in [2.05, 4.69) is 16.3 Å². The highest BCUT2D eigenvalue weighted by atomic mass is 16.5. The van der Waals surface area contributed by atoms with Gasteiger partial charge in [0.25, 0.3) is 5.91 Å². The van der Waals surface area contributed by atoms with Crippen LogP contribution < -0.4 is 24.8 Å². The summed E-state index contributed by atoms with van der Waals surface area (Å²) < 4.78 is 5.49. The zero-order valence-electron chi connectivity index (χ0n) is 17.6. The average Bonchev–Trinajstić information content (AvgIpc) is 2.88. The van der Waals surface area contributed by atoms with Crippen LogP contribution in [0.2, 0.25) is 0 Å². The molecule has 2 N–H and O–H groups in total. The Bertz CT molecular complexity index is 924. The molecule has 0 radical (unpaired) electrons. The van der Waals surface area contributed by atoms with E-state index >= 15 is 0 Å². The van der Waals surface area contributed by atoms with E-state index in [0.717, 1.165) is 43.3 Å². The molecule has 0 saturated carbocycles. The average molecular weight is 410 g/mol. The Morgan fingerprint density at radius 3 is 2.50 bits per heavy atom. The summed E-state index contributed by atoms with van der Waals surface area (Å²) in [6.45, 7) is 5.86. The lowest BCUT2D eigenvalue weighted by molar-refractivity contribution is -0.892.